The molecule has 1 aromatic heterocycles. The molecule has 0 aliphatic carbocycles. The van der Waals surface area contributed by atoms with E-state index < -0.39 is 17.2 Å². The zero-order chi connectivity index (χ0) is 20.3. The van der Waals surface area contributed by atoms with Crippen LogP contribution in [0, 0.1) is 13.8 Å². The minimum atomic E-state index is -2.18. The number of furan rings is 1. The minimum Gasteiger partial charge on any atom is -0.460 e. The van der Waals surface area contributed by atoms with E-state index in [9.17, 15) is 13.6 Å². The van der Waals surface area contributed by atoms with E-state index in [1.807, 2.05) is 31.2 Å². The molecule has 148 valence electrons. The van der Waals surface area contributed by atoms with E-state index in [1.165, 1.54) is 9.87 Å². The topological polar surface area (TPSA) is 80.0 Å². The van der Waals surface area contributed by atoms with Crippen LogP contribution in [0.2, 0.25) is 0 Å². The lowest BCUT2D eigenvalue weighted by Crippen LogP contribution is -2.27. The first-order chi connectivity index (χ1) is 13.4. The lowest BCUT2D eigenvalue weighted by molar-refractivity contribution is 0.0491. The Kier molecular flexibility index (Phi) is 6.16. The third kappa shape index (κ3) is 4.26. The van der Waals surface area contributed by atoms with Gasteiger partial charge in [-0.1, -0.05) is 29.8 Å². The summed E-state index contributed by atoms with van der Waals surface area (Å²) in [5, 5.41) is 0.714. The fraction of sp³-hybridized carbons (Fsp3) is 0.286. The molecule has 0 radical (unpaired) electrons. The summed E-state index contributed by atoms with van der Waals surface area (Å²) >= 11 is -2.18. The summed E-state index contributed by atoms with van der Waals surface area (Å²) in [4.78, 5) is 12.0. The van der Waals surface area contributed by atoms with Crippen LogP contribution in [0.3, 0.4) is 0 Å². The summed E-state index contributed by atoms with van der Waals surface area (Å²) in [7, 11) is 0. The molecule has 0 spiro atoms. The van der Waals surface area contributed by atoms with Gasteiger partial charge < -0.3 is 9.15 Å². The van der Waals surface area contributed by atoms with Crippen LogP contribution in [0.4, 0.5) is 5.69 Å². The molecular formula is C21H23NO5S. The van der Waals surface area contributed by atoms with E-state index in [4.69, 9.17) is 9.15 Å². The van der Waals surface area contributed by atoms with Crippen LogP contribution in [0.15, 0.2) is 46.9 Å². The molecule has 6 nitrogen and oxygen atoms in total. The number of hydrogen-bond donors (Lipinski definition) is 1. The lowest BCUT2D eigenvalue weighted by Gasteiger charge is -2.20. The number of benzene rings is 2. The molecule has 0 saturated carbocycles. The molecule has 28 heavy (non-hydrogen) atoms. The lowest BCUT2D eigenvalue weighted by atomic mass is 10.1. The van der Waals surface area contributed by atoms with Gasteiger partial charge in [-0.05, 0) is 51.0 Å². The summed E-state index contributed by atoms with van der Waals surface area (Å²) in [5.41, 5.74) is 4.03. The Labute approximate surface area is 166 Å². The van der Waals surface area contributed by atoms with Gasteiger partial charge in [-0.3, -0.25) is 8.86 Å². The van der Waals surface area contributed by atoms with Gasteiger partial charge in [0.2, 0.25) is 5.76 Å². The minimum absolute atomic E-state index is 0.158. The second kappa shape index (κ2) is 8.58. The number of carbonyl (C=O) groups is 1. The molecule has 0 fully saturated rings. The number of nitrogens with zero attached hydrogens (tertiary/aromatic N) is 1. The molecule has 0 amide bonds. The molecule has 1 unspecified atom stereocenters. The van der Waals surface area contributed by atoms with Crippen molar-refractivity contribution in [2.24, 2.45) is 0 Å². The molecule has 2 aromatic carbocycles. The van der Waals surface area contributed by atoms with Gasteiger partial charge in [-0.25, -0.2) is 9.00 Å². The third-order valence-electron chi connectivity index (χ3n) is 4.58. The van der Waals surface area contributed by atoms with E-state index >= 15 is 0 Å². The number of aryl methyl sites for hydroxylation is 2. The van der Waals surface area contributed by atoms with Gasteiger partial charge in [0.15, 0.2) is 0 Å². The van der Waals surface area contributed by atoms with Gasteiger partial charge >= 0.3 is 5.97 Å². The maximum Gasteiger partial charge on any atom is 0.374 e. The Morgan fingerprint density at radius 3 is 2.54 bits per heavy atom. The highest BCUT2D eigenvalue weighted by atomic mass is 32.2. The fourth-order valence-corrected chi connectivity index (χ4v) is 3.58. The number of hydrogen-bond acceptors (Lipinski definition) is 4. The predicted octanol–water partition coefficient (Wildman–Crippen LogP) is 4.41. The molecule has 0 aliphatic heterocycles. The summed E-state index contributed by atoms with van der Waals surface area (Å²) in [5.74, 6) is -0.356. The zero-order valence-corrected chi connectivity index (χ0v) is 16.9. The molecule has 3 rings (SSSR count). The number of carbonyl (C=O) groups excluding carboxylic acids is 1. The molecule has 1 atom stereocenters. The van der Waals surface area contributed by atoms with Gasteiger partial charge in [0.05, 0.1) is 12.3 Å². The third-order valence-corrected chi connectivity index (χ3v) is 5.35. The van der Waals surface area contributed by atoms with Gasteiger partial charge in [-0.15, -0.1) is 0 Å². The van der Waals surface area contributed by atoms with E-state index in [0.29, 0.717) is 35.2 Å². The fourth-order valence-electron chi connectivity index (χ4n) is 3.04. The number of fused-ring (bicyclic) bond motifs is 1. The first-order valence-electron chi connectivity index (χ1n) is 9.05. The molecule has 3 aromatic rings. The average molecular weight is 401 g/mol. The standard InChI is InChI=1S/C21H23NO5S/c1-4-26-21(23)20-15(3)18-13-17(9-10-19(18)27-20)22(28(24)25)12-11-16-7-5-14(2)6-8-16/h5-10,13H,4,11-12H2,1-3H3,(H,24,25). The Balaban J connectivity index is 1.88. The molecule has 0 saturated heterocycles. The molecule has 1 N–H and O–H groups in total. The summed E-state index contributed by atoms with van der Waals surface area (Å²) in [6.07, 6.45) is 0.628. The van der Waals surface area contributed by atoms with Gasteiger partial charge in [-0.2, -0.15) is 0 Å². The number of anilines is 1. The average Bonchev–Trinajstić information content (AvgIpc) is 3.00. The predicted molar refractivity (Wildman–Crippen MR) is 110 cm³/mol. The van der Waals surface area contributed by atoms with Crippen LogP contribution in [-0.2, 0) is 22.4 Å². The second-order valence-corrected chi connectivity index (χ2v) is 7.43. The van der Waals surface area contributed by atoms with Gasteiger partial charge in [0.25, 0.3) is 11.3 Å². The van der Waals surface area contributed by atoms with Crippen molar-refractivity contribution < 1.29 is 22.7 Å². The van der Waals surface area contributed by atoms with Gasteiger partial charge in [0, 0.05) is 17.5 Å². The molecule has 0 aliphatic rings. The van der Waals surface area contributed by atoms with E-state index in [-0.39, 0.29) is 12.4 Å². The van der Waals surface area contributed by atoms with Crippen molar-refractivity contribution >= 4 is 33.9 Å². The van der Waals surface area contributed by atoms with Crippen molar-refractivity contribution in [2.45, 2.75) is 27.2 Å². The second-order valence-electron chi connectivity index (χ2n) is 6.53. The SMILES string of the molecule is CCOC(=O)c1oc2ccc(N(CCc3ccc(C)cc3)S(=O)O)cc2c1C. The Morgan fingerprint density at radius 2 is 1.89 bits per heavy atom. The Hall–Kier alpha value is -2.64. The number of ether oxygens (including phenoxy) is 1. The summed E-state index contributed by atoms with van der Waals surface area (Å²) < 4.78 is 33.8. The van der Waals surface area contributed by atoms with E-state index in [1.54, 1.807) is 32.0 Å². The maximum atomic E-state index is 12.0. The van der Waals surface area contributed by atoms with E-state index in [2.05, 4.69) is 0 Å². The first kappa shape index (κ1) is 20.1. The molecule has 0 bridgehead atoms. The molecule has 1 heterocycles. The van der Waals surface area contributed by atoms with Crippen LogP contribution in [-0.4, -0.2) is 27.9 Å². The molecular weight excluding hydrogens is 378 g/mol. The Bertz CT molecular complexity index is 1010. The van der Waals surface area contributed by atoms with Crippen molar-refractivity contribution in [3.05, 3.63) is 64.9 Å². The maximum absolute atomic E-state index is 12.0. The highest BCUT2D eigenvalue weighted by Crippen LogP contribution is 2.30. The monoisotopic (exact) mass is 401 g/mol. The van der Waals surface area contributed by atoms with Crippen molar-refractivity contribution in [3.8, 4) is 0 Å². The van der Waals surface area contributed by atoms with Crippen molar-refractivity contribution in [1.82, 2.24) is 0 Å². The smallest absolute Gasteiger partial charge is 0.374 e. The number of esters is 1. The largest absolute Gasteiger partial charge is 0.460 e. The van der Waals surface area contributed by atoms with Crippen molar-refractivity contribution in [3.63, 3.8) is 0 Å². The van der Waals surface area contributed by atoms with Crippen molar-refractivity contribution in [1.29, 1.82) is 0 Å². The summed E-state index contributed by atoms with van der Waals surface area (Å²) in [6, 6.07) is 13.3. The summed E-state index contributed by atoms with van der Waals surface area (Å²) in [6.45, 7) is 6.16. The van der Waals surface area contributed by atoms with E-state index in [0.717, 1.165) is 5.56 Å². The van der Waals surface area contributed by atoms with Crippen LogP contribution >= 0.6 is 0 Å². The highest BCUT2D eigenvalue weighted by Gasteiger charge is 2.20. The quantitative estimate of drug-likeness (QED) is 0.468. The van der Waals surface area contributed by atoms with Crippen LogP contribution in [0.5, 0.6) is 0 Å². The van der Waals surface area contributed by atoms with Crippen LogP contribution in [0.1, 0.15) is 34.2 Å². The van der Waals surface area contributed by atoms with Crippen LogP contribution in [0.25, 0.3) is 11.0 Å². The number of rotatable bonds is 7. The van der Waals surface area contributed by atoms with Gasteiger partial charge in [0.1, 0.15) is 5.58 Å². The molecule has 7 heteroatoms. The Morgan fingerprint density at radius 1 is 1.18 bits per heavy atom. The highest BCUT2D eigenvalue weighted by molar-refractivity contribution is 7.80. The normalized spacial score (nSPS) is 12.1. The van der Waals surface area contributed by atoms with Crippen LogP contribution < -0.4 is 4.31 Å². The van der Waals surface area contributed by atoms with Crippen molar-refractivity contribution in [2.75, 3.05) is 17.5 Å². The zero-order valence-electron chi connectivity index (χ0n) is 16.1. The first-order valence-corrected chi connectivity index (χ1v) is 10.1.